The maximum absolute atomic E-state index is 15.6. The fourth-order valence-corrected chi connectivity index (χ4v) is 7.62. The minimum absolute atomic E-state index is 0.0108. The third-order valence-electron chi connectivity index (χ3n) is 9.20. The molecule has 14 nitrogen and oxygen atoms in total. The summed E-state index contributed by atoms with van der Waals surface area (Å²) in [5.41, 5.74) is -1.49. The molecule has 0 aliphatic carbocycles. The molecule has 0 bridgehead atoms. The highest BCUT2D eigenvalue weighted by atomic mass is 32.3. The highest BCUT2D eigenvalue weighted by Crippen LogP contribution is 2.48. The lowest BCUT2D eigenvalue weighted by Gasteiger charge is -2.40. The summed E-state index contributed by atoms with van der Waals surface area (Å²) in [5, 5.41) is 2.95. The van der Waals surface area contributed by atoms with Crippen molar-refractivity contribution in [2.45, 2.75) is 26.3 Å². The number of hydrogen-bond donors (Lipinski definition) is 3. The lowest BCUT2D eigenvalue weighted by molar-refractivity contribution is 0.102. The Morgan fingerprint density at radius 2 is 1.69 bits per heavy atom. The van der Waals surface area contributed by atoms with E-state index in [0.717, 1.165) is 35.5 Å². The normalized spacial score (nSPS) is 15.8. The molecule has 4 heterocycles. The van der Waals surface area contributed by atoms with Gasteiger partial charge in [-0.15, -0.1) is 0 Å². The SMILES string of the molecule is CC(C)n1cc(C(=O)Nc2ccc(Oc3ccnc4cc(OCCCN5CCS(O)(O)CC5)c5c(c34)OCCO5)c(F)c2)c(=O)n(-c2ccc(F)cc2)c1=O. The Morgan fingerprint density at radius 3 is 2.40 bits per heavy atom. The van der Waals surface area contributed by atoms with Crippen LogP contribution in [-0.4, -0.2) is 85.0 Å². The average Bonchev–Trinajstić information content (AvgIpc) is 3.15. The van der Waals surface area contributed by atoms with Crippen molar-refractivity contribution in [1.82, 2.24) is 19.0 Å². The van der Waals surface area contributed by atoms with Gasteiger partial charge in [-0.05, 0) is 62.7 Å². The highest BCUT2D eigenvalue weighted by molar-refractivity contribution is 8.24. The minimum atomic E-state index is -2.46. The van der Waals surface area contributed by atoms with Gasteiger partial charge in [-0.2, -0.15) is 10.6 Å². The number of nitrogens with one attached hydrogen (secondary N) is 1. The first kappa shape index (κ1) is 37.8. The molecule has 5 aromatic rings. The van der Waals surface area contributed by atoms with E-state index in [9.17, 15) is 27.9 Å². The molecule has 0 atom stereocenters. The summed E-state index contributed by atoms with van der Waals surface area (Å²) in [6, 6.07) is 11.3. The zero-order valence-electron chi connectivity index (χ0n) is 30.0. The van der Waals surface area contributed by atoms with Gasteiger partial charge < -0.3 is 29.2 Å². The van der Waals surface area contributed by atoms with Gasteiger partial charge in [0, 0.05) is 55.9 Å². The monoisotopic (exact) mass is 779 g/mol. The fraction of sp³-hybridized carbons (Fsp3) is 0.316. The second-order valence-corrected chi connectivity index (χ2v) is 15.8. The minimum Gasteiger partial charge on any atom is -0.489 e. The summed E-state index contributed by atoms with van der Waals surface area (Å²) in [5.74, 6) is -0.361. The number of halogens is 2. The number of fused-ring (bicyclic) bond motifs is 3. The molecule has 0 spiro atoms. The molecule has 3 N–H and O–H groups in total. The van der Waals surface area contributed by atoms with Gasteiger partial charge >= 0.3 is 5.69 Å². The molecular weight excluding hydrogens is 741 g/mol. The maximum atomic E-state index is 15.6. The lowest BCUT2D eigenvalue weighted by Crippen LogP contribution is -2.42. The van der Waals surface area contributed by atoms with Gasteiger partial charge in [-0.3, -0.25) is 28.2 Å². The van der Waals surface area contributed by atoms with Crippen molar-refractivity contribution in [2.75, 3.05) is 56.3 Å². The first-order valence-electron chi connectivity index (χ1n) is 17.6. The smallest absolute Gasteiger partial charge is 0.335 e. The third kappa shape index (κ3) is 8.14. The number of anilines is 1. The largest absolute Gasteiger partial charge is 0.489 e. The molecule has 0 radical (unpaired) electrons. The predicted octanol–water partition coefficient (Wildman–Crippen LogP) is 6.06. The van der Waals surface area contributed by atoms with Gasteiger partial charge in [-0.1, -0.05) is 0 Å². The second kappa shape index (κ2) is 15.7. The number of carbonyl (C=O) groups excluding carboxylic acids is 1. The van der Waals surface area contributed by atoms with Crippen molar-refractivity contribution >= 4 is 33.1 Å². The quantitative estimate of drug-likeness (QED) is 0.134. The van der Waals surface area contributed by atoms with Crippen LogP contribution in [0, 0.1) is 11.6 Å². The van der Waals surface area contributed by atoms with E-state index in [0.29, 0.717) is 65.8 Å². The van der Waals surface area contributed by atoms with E-state index in [1.54, 1.807) is 26.0 Å². The van der Waals surface area contributed by atoms with Gasteiger partial charge in [0.2, 0.25) is 5.75 Å². The highest BCUT2D eigenvalue weighted by Gasteiger charge is 2.26. The molecule has 7 rings (SSSR count). The van der Waals surface area contributed by atoms with Crippen molar-refractivity contribution in [3.05, 3.63) is 105 Å². The van der Waals surface area contributed by atoms with Crippen LogP contribution in [0.4, 0.5) is 14.5 Å². The number of carbonyl (C=O) groups is 1. The van der Waals surface area contributed by atoms with Crippen LogP contribution in [0.2, 0.25) is 0 Å². The number of ether oxygens (including phenoxy) is 4. The molecule has 1 fully saturated rings. The van der Waals surface area contributed by atoms with Gasteiger partial charge in [0.25, 0.3) is 11.5 Å². The second-order valence-electron chi connectivity index (χ2n) is 13.3. The lowest BCUT2D eigenvalue weighted by atomic mass is 10.1. The topological polar surface area (TPSA) is 167 Å². The molecular formula is C38H39F2N5O9S. The molecule has 1 saturated heterocycles. The number of rotatable bonds is 11. The zero-order valence-corrected chi connectivity index (χ0v) is 30.8. The van der Waals surface area contributed by atoms with Crippen LogP contribution in [0.3, 0.4) is 0 Å². The van der Waals surface area contributed by atoms with Crippen LogP contribution in [-0.2, 0) is 0 Å². The summed E-state index contributed by atoms with van der Waals surface area (Å²) in [7, 11) is -2.46. The molecule has 0 unspecified atom stereocenters. The Hall–Kier alpha value is -5.49. The van der Waals surface area contributed by atoms with E-state index in [1.165, 1.54) is 35.0 Å². The van der Waals surface area contributed by atoms with Crippen molar-refractivity contribution < 1.29 is 41.6 Å². The van der Waals surface area contributed by atoms with Gasteiger partial charge in [0.15, 0.2) is 23.1 Å². The van der Waals surface area contributed by atoms with Crippen LogP contribution in [0.5, 0.6) is 28.7 Å². The van der Waals surface area contributed by atoms with E-state index in [4.69, 9.17) is 18.9 Å². The summed E-state index contributed by atoms with van der Waals surface area (Å²) in [4.78, 5) is 46.7. The number of amides is 1. The van der Waals surface area contributed by atoms with Gasteiger partial charge in [-0.25, -0.2) is 18.1 Å². The van der Waals surface area contributed by atoms with Crippen molar-refractivity contribution in [1.29, 1.82) is 0 Å². The summed E-state index contributed by atoms with van der Waals surface area (Å²) in [6.07, 6.45) is 3.34. The van der Waals surface area contributed by atoms with Crippen molar-refractivity contribution in [3.8, 4) is 34.4 Å². The van der Waals surface area contributed by atoms with E-state index < -0.39 is 45.4 Å². The van der Waals surface area contributed by atoms with E-state index in [1.807, 2.05) is 0 Å². The first-order valence-corrected chi connectivity index (χ1v) is 19.5. The summed E-state index contributed by atoms with van der Waals surface area (Å²) >= 11 is 0. The predicted molar refractivity (Wildman–Crippen MR) is 203 cm³/mol. The Balaban J connectivity index is 1.09. The third-order valence-corrected chi connectivity index (χ3v) is 10.9. The molecule has 2 aromatic heterocycles. The standard InChI is InChI=1S/C38H39F2N5O9S/c1-23(2)44-22-27(37(47)45(38(44)48)26-7-4-24(39)5-8-26)36(46)42-25-6-9-30(28(40)20-25)54-31-10-11-41-29-21-32(34-35(33(29)31)53-17-16-52-34)51-15-3-12-43-13-18-55(49,50)19-14-43/h4-11,20-23,49-50H,3,12-19H2,1-2H3,(H,42,46). The van der Waals surface area contributed by atoms with Crippen LogP contribution >= 0.6 is 10.6 Å². The molecule has 0 saturated carbocycles. The van der Waals surface area contributed by atoms with Crippen molar-refractivity contribution in [3.63, 3.8) is 0 Å². The molecule has 2 aliphatic rings. The number of hydrogen-bond acceptors (Lipinski definition) is 11. The van der Waals surface area contributed by atoms with Crippen LogP contribution in [0.1, 0.15) is 36.7 Å². The van der Waals surface area contributed by atoms with Crippen LogP contribution in [0.15, 0.2) is 76.6 Å². The Labute approximate surface area is 315 Å². The van der Waals surface area contributed by atoms with Crippen molar-refractivity contribution in [2.24, 2.45) is 0 Å². The fourth-order valence-electron chi connectivity index (χ4n) is 6.32. The first-order chi connectivity index (χ1) is 26.4. The molecule has 2 aliphatic heterocycles. The van der Waals surface area contributed by atoms with E-state index in [2.05, 4.69) is 15.2 Å². The number of benzene rings is 3. The van der Waals surface area contributed by atoms with Crippen LogP contribution < -0.4 is 35.5 Å². The Bertz CT molecular complexity index is 2360. The molecule has 55 heavy (non-hydrogen) atoms. The average molecular weight is 780 g/mol. The molecule has 1 amide bonds. The van der Waals surface area contributed by atoms with Crippen LogP contribution in [0.25, 0.3) is 16.6 Å². The van der Waals surface area contributed by atoms with E-state index >= 15 is 4.39 Å². The van der Waals surface area contributed by atoms with E-state index in [-0.39, 0.29) is 41.7 Å². The summed E-state index contributed by atoms with van der Waals surface area (Å²) in [6.45, 7) is 6.27. The van der Waals surface area contributed by atoms with Gasteiger partial charge in [0.05, 0.1) is 34.7 Å². The molecule has 3 aromatic carbocycles. The zero-order chi connectivity index (χ0) is 38.9. The number of pyridine rings is 1. The van der Waals surface area contributed by atoms with Gasteiger partial charge in [0.1, 0.15) is 30.3 Å². The maximum Gasteiger partial charge on any atom is 0.335 e. The molecule has 290 valence electrons. The number of aromatic nitrogens is 3. The molecule has 17 heteroatoms. The Morgan fingerprint density at radius 1 is 0.964 bits per heavy atom. The Kier molecular flexibility index (Phi) is 10.8. The summed E-state index contributed by atoms with van der Waals surface area (Å²) < 4.78 is 75.1. The number of nitrogens with zero attached hydrogens (tertiary/aromatic N) is 4.